The summed E-state index contributed by atoms with van der Waals surface area (Å²) in [5.74, 6) is -1.37. The molecule has 0 atom stereocenters. The van der Waals surface area contributed by atoms with E-state index in [1.165, 1.54) is 23.6 Å². The normalized spacial score (nSPS) is 15.1. The van der Waals surface area contributed by atoms with Crippen LogP contribution in [0.4, 0.5) is 16.2 Å². The monoisotopic (exact) mass is 470 g/mol. The molecule has 0 bridgehead atoms. The van der Waals surface area contributed by atoms with Crippen molar-refractivity contribution in [3.05, 3.63) is 43.8 Å². The molecule has 0 aliphatic carbocycles. The Hall–Kier alpha value is -3.62. The number of carbonyl (C=O) groups is 2. The molecule has 1 aliphatic heterocycles. The third-order valence-corrected chi connectivity index (χ3v) is 6.32. The number of likely N-dealkylation sites (tertiary alicyclic amines) is 1. The highest BCUT2D eigenvalue weighted by Gasteiger charge is 2.14. The number of anilines is 2. The van der Waals surface area contributed by atoms with Crippen LogP contribution in [-0.4, -0.2) is 52.8 Å². The smallest absolute Gasteiger partial charge is 0.349 e. The Morgan fingerprint density at radius 2 is 1.88 bits per heavy atom. The van der Waals surface area contributed by atoms with Gasteiger partial charge in [0.1, 0.15) is 15.3 Å². The molecular formula is C22H26N6O4S. The number of urea groups is 1. The molecule has 33 heavy (non-hydrogen) atoms. The predicted molar refractivity (Wildman–Crippen MR) is 127 cm³/mol. The second-order valence-corrected chi connectivity index (χ2v) is 8.44. The van der Waals surface area contributed by atoms with Crippen LogP contribution < -0.4 is 30.7 Å². The number of rotatable bonds is 8. The number of hydrogen-bond donors (Lipinski definition) is 4. The molecule has 0 radical (unpaired) electrons. The van der Waals surface area contributed by atoms with Gasteiger partial charge in [0.25, 0.3) is 5.56 Å². The zero-order chi connectivity index (χ0) is 23.8. The number of nitriles is 1. The van der Waals surface area contributed by atoms with Gasteiger partial charge in [0.2, 0.25) is 0 Å². The fraction of sp³-hybridized carbons (Fsp3) is 0.364. The summed E-state index contributed by atoms with van der Waals surface area (Å²) in [6.07, 6.45) is 3.91. The van der Waals surface area contributed by atoms with Crippen LogP contribution in [-0.2, 0) is 11.3 Å². The van der Waals surface area contributed by atoms with E-state index in [-0.39, 0.29) is 27.3 Å². The number of nitrogens with one attached hydrogen (secondary N) is 3. The molecule has 0 unspecified atom stereocenters. The molecule has 4 N–H and O–H groups in total. The third kappa shape index (κ3) is 6.21. The molecule has 2 aromatic rings. The Labute approximate surface area is 194 Å². The van der Waals surface area contributed by atoms with Gasteiger partial charge in [-0.05, 0) is 57.1 Å². The highest BCUT2D eigenvalue weighted by Crippen LogP contribution is 2.13. The SMILES string of the molecule is CCn1c(=O)/c(=C\Nc2ccc(NC(=O)NCCN3CCCC3)cc2)s/c1=C(/C#N)C(=O)O. The number of amides is 2. The maximum absolute atomic E-state index is 12.6. The Morgan fingerprint density at radius 1 is 1.21 bits per heavy atom. The molecule has 3 rings (SSSR count). The van der Waals surface area contributed by atoms with E-state index in [2.05, 4.69) is 20.9 Å². The van der Waals surface area contributed by atoms with Gasteiger partial charge in [-0.25, -0.2) is 9.59 Å². The van der Waals surface area contributed by atoms with Crippen LogP contribution in [0.2, 0.25) is 0 Å². The molecule has 1 fully saturated rings. The van der Waals surface area contributed by atoms with Gasteiger partial charge in [-0.1, -0.05) is 0 Å². The average Bonchev–Trinajstić information content (AvgIpc) is 3.41. The number of carbonyl (C=O) groups excluding carboxylic acids is 1. The molecule has 0 spiro atoms. The molecule has 2 amide bonds. The van der Waals surface area contributed by atoms with Crippen LogP contribution in [0.25, 0.3) is 11.8 Å². The zero-order valence-corrected chi connectivity index (χ0v) is 19.1. The number of nitrogens with zero attached hydrogens (tertiary/aromatic N) is 3. The summed E-state index contributed by atoms with van der Waals surface area (Å²) in [5, 5.41) is 27.0. The second-order valence-electron chi connectivity index (χ2n) is 7.41. The molecular weight excluding hydrogens is 444 g/mol. The van der Waals surface area contributed by atoms with E-state index in [1.807, 2.05) is 0 Å². The van der Waals surface area contributed by atoms with E-state index in [0.29, 0.717) is 17.9 Å². The number of aromatic nitrogens is 1. The van der Waals surface area contributed by atoms with Crippen LogP contribution in [0.3, 0.4) is 0 Å². The van der Waals surface area contributed by atoms with Crippen molar-refractivity contribution in [3.63, 3.8) is 0 Å². The summed E-state index contributed by atoms with van der Waals surface area (Å²) in [5.41, 5.74) is 0.464. The lowest BCUT2D eigenvalue weighted by Crippen LogP contribution is -2.35. The first-order valence-corrected chi connectivity index (χ1v) is 11.5. The quantitative estimate of drug-likeness (QED) is 0.446. The third-order valence-electron chi connectivity index (χ3n) is 5.19. The summed E-state index contributed by atoms with van der Waals surface area (Å²) in [6, 6.07) is 8.32. The highest BCUT2D eigenvalue weighted by atomic mass is 32.1. The van der Waals surface area contributed by atoms with Crippen molar-refractivity contribution in [2.75, 3.05) is 36.8 Å². The maximum atomic E-state index is 12.6. The highest BCUT2D eigenvalue weighted by molar-refractivity contribution is 7.07. The van der Waals surface area contributed by atoms with E-state index in [0.717, 1.165) is 31.0 Å². The molecule has 11 heteroatoms. The van der Waals surface area contributed by atoms with Crippen molar-refractivity contribution < 1.29 is 14.7 Å². The molecule has 0 saturated carbocycles. The van der Waals surface area contributed by atoms with Gasteiger partial charge in [-0.3, -0.25) is 9.36 Å². The van der Waals surface area contributed by atoms with Gasteiger partial charge in [0.05, 0.1) is 0 Å². The number of thiazole rings is 1. The first-order chi connectivity index (χ1) is 15.9. The summed E-state index contributed by atoms with van der Waals surface area (Å²) >= 11 is 0.942. The molecule has 1 aromatic carbocycles. The van der Waals surface area contributed by atoms with E-state index in [9.17, 15) is 19.5 Å². The predicted octanol–water partition coefficient (Wildman–Crippen LogP) is 0.756. The molecule has 174 valence electrons. The Kier molecular flexibility index (Phi) is 8.23. The van der Waals surface area contributed by atoms with Crippen LogP contribution >= 0.6 is 11.3 Å². The van der Waals surface area contributed by atoms with Gasteiger partial charge < -0.3 is 26.0 Å². The van der Waals surface area contributed by atoms with Crippen molar-refractivity contribution in [3.8, 4) is 6.07 Å². The molecule has 10 nitrogen and oxygen atoms in total. The summed E-state index contributed by atoms with van der Waals surface area (Å²) in [4.78, 5) is 38.2. The van der Waals surface area contributed by atoms with E-state index in [1.54, 1.807) is 37.3 Å². The molecule has 1 aromatic heterocycles. The summed E-state index contributed by atoms with van der Waals surface area (Å²) < 4.78 is 1.65. The minimum Gasteiger partial charge on any atom is -0.477 e. The van der Waals surface area contributed by atoms with Gasteiger partial charge >= 0.3 is 12.0 Å². The second kappa shape index (κ2) is 11.3. The Morgan fingerprint density at radius 3 is 2.48 bits per heavy atom. The minimum atomic E-state index is -1.37. The van der Waals surface area contributed by atoms with Gasteiger partial charge in [-0.15, -0.1) is 11.3 Å². The number of benzene rings is 1. The number of carboxylic acids is 1. The van der Waals surface area contributed by atoms with E-state index < -0.39 is 11.5 Å². The van der Waals surface area contributed by atoms with Gasteiger partial charge in [-0.2, -0.15) is 5.26 Å². The van der Waals surface area contributed by atoms with Crippen LogP contribution in [0.15, 0.2) is 29.1 Å². The van der Waals surface area contributed by atoms with Crippen molar-refractivity contribution >= 4 is 46.5 Å². The van der Waals surface area contributed by atoms with E-state index >= 15 is 0 Å². The van der Waals surface area contributed by atoms with Crippen LogP contribution in [0, 0.1) is 11.3 Å². The largest absolute Gasteiger partial charge is 0.477 e. The lowest BCUT2D eigenvalue weighted by Gasteiger charge is -2.15. The topological polar surface area (TPSA) is 139 Å². The maximum Gasteiger partial charge on any atom is 0.349 e. The van der Waals surface area contributed by atoms with Crippen molar-refractivity contribution in [1.29, 1.82) is 5.26 Å². The van der Waals surface area contributed by atoms with Gasteiger partial charge in [0, 0.05) is 37.2 Å². The molecule has 1 aliphatic rings. The Balaban J connectivity index is 1.64. The number of hydrogen-bond acceptors (Lipinski definition) is 7. The summed E-state index contributed by atoms with van der Waals surface area (Å²) in [7, 11) is 0. The average molecular weight is 471 g/mol. The fourth-order valence-corrected chi connectivity index (χ4v) is 4.57. The summed E-state index contributed by atoms with van der Waals surface area (Å²) in [6.45, 7) is 5.56. The number of carboxylic acid groups (broad SMARTS) is 1. The first-order valence-electron chi connectivity index (χ1n) is 10.6. The molecule has 2 heterocycles. The van der Waals surface area contributed by atoms with Crippen molar-refractivity contribution in [2.45, 2.75) is 26.3 Å². The van der Waals surface area contributed by atoms with Crippen LogP contribution in [0.5, 0.6) is 0 Å². The van der Waals surface area contributed by atoms with Crippen LogP contribution in [0.1, 0.15) is 19.8 Å². The molecule has 1 saturated heterocycles. The zero-order valence-electron chi connectivity index (χ0n) is 18.3. The van der Waals surface area contributed by atoms with Gasteiger partial charge in [0.15, 0.2) is 5.57 Å². The Bertz CT molecular complexity index is 1220. The first kappa shape index (κ1) is 24.0. The lowest BCUT2D eigenvalue weighted by molar-refractivity contribution is -0.130. The van der Waals surface area contributed by atoms with Crippen molar-refractivity contribution in [1.82, 2.24) is 14.8 Å². The van der Waals surface area contributed by atoms with Crippen molar-refractivity contribution in [2.24, 2.45) is 0 Å². The number of aliphatic carboxylic acids is 1. The fourth-order valence-electron chi connectivity index (χ4n) is 3.49. The minimum absolute atomic E-state index is 0.112. The lowest BCUT2D eigenvalue weighted by atomic mass is 10.3. The standard InChI is InChI=1S/C22H26N6O4S/c1-2-28-19(29)18(33-20(28)17(13-23)21(30)31)14-25-15-5-7-16(8-6-15)26-22(32)24-9-12-27-10-3-4-11-27/h5-8,14,25H,2-4,9-12H2,1H3,(H,30,31)(H2,24,26,32)/b18-14+,20-17-. The van der Waals surface area contributed by atoms with E-state index in [4.69, 9.17) is 5.26 Å².